The molecule has 0 atom stereocenters. The molecule has 0 unspecified atom stereocenters. The maximum atomic E-state index is 12.6. The van der Waals surface area contributed by atoms with Gasteiger partial charge in [-0.1, -0.05) is 25.0 Å². The molecule has 1 heterocycles. The molecule has 4 heteroatoms. The fourth-order valence-corrected chi connectivity index (χ4v) is 2.53. The largest absolute Gasteiger partial charge is 0.493 e. The molecule has 0 saturated carbocycles. The number of aryl methyl sites for hydroxylation is 1. The number of ether oxygens (including phenoxy) is 2. The third kappa shape index (κ3) is 5.11. The number of morpholine rings is 1. The van der Waals surface area contributed by atoms with Crippen molar-refractivity contribution in [1.82, 2.24) is 4.90 Å². The minimum absolute atomic E-state index is 0.168. The quantitative estimate of drug-likeness (QED) is 0.546. The lowest BCUT2D eigenvalue weighted by Gasteiger charge is -2.26. The van der Waals surface area contributed by atoms with E-state index in [-0.39, 0.29) is 5.78 Å². The number of hydrogen-bond acceptors (Lipinski definition) is 4. The predicted molar refractivity (Wildman–Crippen MR) is 87.8 cm³/mol. The standard InChI is InChI=1S/C18H27NO3/c1-3-4-11-22-18-6-5-15(2)14-16(18)17(20)7-8-19-9-12-21-13-10-19/h5-6,14H,3-4,7-13H2,1-2H3. The molecule has 0 aromatic heterocycles. The van der Waals surface area contributed by atoms with Crippen molar-refractivity contribution in [3.8, 4) is 5.75 Å². The van der Waals surface area contributed by atoms with E-state index in [2.05, 4.69) is 11.8 Å². The molecule has 0 amide bonds. The van der Waals surface area contributed by atoms with Gasteiger partial charge < -0.3 is 9.47 Å². The molecule has 0 aliphatic carbocycles. The van der Waals surface area contributed by atoms with E-state index < -0.39 is 0 Å². The Hall–Kier alpha value is -1.39. The molecule has 0 spiro atoms. The first-order valence-electron chi connectivity index (χ1n) is 8.27. The summed E-state index contributed by atoms with van der Waals surface area (Å²) >= 11 is 0. The van der Waals surface area contributed by atoms with Gasteiger partial charge in [-0.3, -0.25) is 9.69 Å². The molecule has 1 saturated heterocycles. The zero-order valence-electron chi connectivity index (χ0n) is 13.8. The summed E-state index contributed by atoms with van der Waals surface area (Å²) in [5.41, 5.74) is 1.82. The van der Waals surface area contributed by atoms with E-state index in [4.69, 9.17) is 9.47 Å². The summed E-state index contributed by atoms with van der Waals surface area (Å²) < 4.78 is 11.1. The first-order valence-corrected chi connectivity index (χ1v) is 8.27. The van der Waals surface area contributed by atoms with Crippen LogP contribution in [0.2, 0.25) is 0 Å². The van der Waals surface area contributed by atoms with Crippen molar-refractivity contribution >= 4 is 5.78 Å². The first kappa shape index (κ1) is 17.0. The molecule has 0 bridgehead atoms. The predicted octanol–water partition coefficient (Wildman–Crippen LogP) is 3.08. The van der Waals surface area contributed by atoms with Crippen molar-refractivity contribution in [2.24, 2.45) is 0 Å². The van der Waals surface area contributed by atoms with Crippen molar-refractivity contribution in [1.29, 1.82) is 0 Å². The van der Waals surface area contributed by atoms with Crippen LogP contribution in [0.15, 0.2) is 18.2 Å². The van der Waals surface area contributed by atoms with Gasteiger partial charge in [0.05, 0.1) is 25.4 Å². The average molecular weight is 305 g/mol. The van der Waals surface area contributed by atoms with E-state index >= 15 is 0 Å². The summed E-state index contributed by atoms with van der Waals surface area (Å²) in [4.78, 5) is 14.8. The number of carbonyl (C=O) groups is 1. The lowest BCUT2D eigenvalue weighted by Crippen LogP contribution is -2.37. The molecule has 1 aromatic carbocycles. The van der Waals surface area contributed by atoms with Crippen molar-refractivity contribution in [2.45, 2.75) is 33.1 Å². The third-order valence-electron chi connectivity index (χ3n) is 3.95. The van der Waals surface area contributed by atoms with Gasteiger partial charge in [-0.2, -0.15) is 0 Å². The molecule has 1 aromatic rings. The fourth-order valence-electron chi connectivity index (χ4n) is 2.53. The third-order valence-corrected chi connectivity index (χ3v) is 3.95. The zero-order chi connectivity index (χ0) is 15.8. The summed E-state index contributed by atoms with van der Waals surface area (Å²) in [5.74, 6) is 0.896. The highest BCUT2D eigenvalue weighted by atomic mass is 16.5. The highest BCUT2D eigenvalue weighted by Crippen LogP contribution is 2.22. The molecule has 1 aliphatic rings. The number of nitrogens with zero attached hydrogens (tertiary/aromatic N) is 1. The Labute approximate surface area is 133 Å². The first-order chi connectivity index (χ1) is 10.7. The summed E-state index contributed by atoms with van der Waals surface area (Å²) in [6, 6.07) is 5.87. The van der Waals surface area contributed by atoms with Crippen LogP contribution in [0.25, 0.3) is 0 Å². The van der Waals surface area contributed by atoms with Gasteiger partial charge in [0.1, 0.15) is 5.75 Å². The monoisotopic (exact) mass is 305 g/mol. The topological polar surface area (TPSA) is 38.8 Å². The number of hydrogen-bond donors (Lipinski definition) is 0. The van der Waals surface area contributed by atoms with Gasteiger partial charge in [-0.25, -0.2) is 0 Å². The van der Waals surface area contributed by atoms with E-state index in [1.807, 2.05) is 25.1 Å². The Balaban J connectivity index is 1.95. The number of Topliss-reactive ketones (excluding diaryl/α,β-unsaturated/α-hetero) is 1. The molecule has 1 aliphatic heterocycles. The van der Waals surface area contributed by atoms with Gasteiger partial charge in [0, 0.05) is 26.1 Å². The molecule has 0 radical (unpaired) electrons. The average Bonchev–Trinajstić information content (AvgIpc) is 2.55. The zero-order valence-corrected chi connectivity index (χ0v) is 13.8. The summed E-state index contributed by atoms with van der Waals surface area (Å²) in [6.07, 6.45) is 2.63. The van der Waals surface area contributed by atoms with Crippen molar-refractivity contribution in [3.63, 3.8) is 0 Å². The molecule has 4 nitrogen and oxygen atoms in total. The highest BCUT2D eigenvalue weighted by Gasteiger charge is 2.16. The second kappa shape index (κ2) is 8.91. The maximum absolute atomic E-state index is 12.6. The van der Waals surface area contributed by atoms with Gasteiger partial charge in [0.25, 0.3) is 0 Å². The van der Waals surface area contributed by atoms with Crippen LogP contribution in [0, 0.1) is 6.92 Å². The van der Waals surface area contributed by atoms with Crippen LogP contribution in [0.4, 0.5) is 0 Å². The molecular weight excluding hydrogens is 278 g/mol. The summed E-state index contributed by atoms with van der Waals surface area (Å²) in [6.45, 7) is 8.98. The number of carbonyl (C=O) groups excluding carboxylic acids is 1. The lowest BCUT2D eigenvalue weighted by atomic mass is 10.0. The van der Waals surface area contributed by atoms with Crippen molar-refractivity contribution in [3.05, 3.63) is 29.3 Å². The Morgan fingerprint density at radius 1 is 1.32 bits per heavy atom. The maximum Gasteiger partial charge on any atom is 0.167 e. The molecule has 2 rings (SSSR count). The van der Waals surface area contributed by atoms with Crippen molar-refractivity contribution in [2.75, 3.05) is 39.5 Å². The summed E-state index contributed by atoms with van der Waals surface area (Å²) in [5, 5.41) is 0. The van der Waals surface area contributed by atoms with E-state index in [0.29, 0.717) is 13.0 Å². The van der Waals surface area contributed by atoms with Crippen LogP contribution < -0.4 is 4.74 Å². The van der Waals surface area contributed by atoms with Gasteiger partial charge in [0.15, 0.2) is 5.78 Å². The minimum atomic E-state index is 0.168. The number of rotatable bonds is 8. The Morgan fingerprint density at radius 2 is 2.09 bits per heavy atom. The van der Waals surface area contributed by atoms with Crippen LogP contribution in [0.3, 0.4) is 0 Å². The van der Waals surface area contributed by atoms with E-state index in [1.54, 1.807) is 0 Å². The van der Waals surface area contributed by atoms with Gasteiger partial charge in [-0.05, 0) is 25.5 Å². The molecule has 122 valence electrons. The smallest absolute Gasteiger partial charge is 0.167 e. The lowest BCUT2D eigenvalue weighted by molar-refractivity contribution is 0.0370. The molecule has 1 fully saturated rings. The van der Waals surface area contributed by atoms with Gasteiger partial charge in [-0.15, -0.1) is 0 Å². The second-order valence-electron chi connectivity index (χ2n) is 5.83. The van der Waals surface area contributed by atoms with Gasteiger partial charge in [0.2, 0.25) is 0 Å². The molecular formula is C18H27NO3. The van der Waals surface area contributed by atoms with Crippen molar-refractivity contribution < 1.29 is 14.3 Å². The van der Waals surface area contributed by atoms with E-state index in [9.17, 15) is 4.79 Å². The Kier molecular flexibility index (Phi) is 6.87. The number of unbranched alkanes of at least 4 members (excludes halogenated alkanes) is 1. The highest BCUT2D eigenvalue weighted by molar-refractivity contribution is 5.99. The number of ketones is 1. The van der Waals surface area contributed by atoms with Crippen LogP contribution in [-0.2, 0) is 4.74 Å². The molecule has 22 heavy (non-hydrogen) atoms. The fraction of sp³-hybridized carbons (Fsp3) is 0.611. The van der Waals surface area contributed by atoms with E-state index in [0.717, 1.165) is 62.6 Å². The van der Waals surface area contributed by atoms with Crippen LogP contribution in [0.5, 0.6) is 5.75 Å². The van der Waals surface area contributed by atoms with Crippen LogP contribution >= 0.6 is 0 Å². The summed E-state index contributed by atoms with van der Waals surface area (Å²) in [7, 11) is 0. The number of benzene rings is 1. The normalized spacial score (nSPS) is 15.7. The SMILES string of the molecule is CCCCOc1ccc(C)cc1C(=O)CCN1CCOCC1. The van der Waals surface area contributed by atoms with Crippen LogP contribution in [0.1, 0.15) is 42.1 Å². The van der Waals surface area contributed by atoms with E-state index in [1.165, 1.54) is 0 Å². The molecule has 0 N–H and O–H groups in total. The minimum Gasteiger partial charge on any atom is -0.493 e. The Bertz CT molecular complexity index is 481. The van der Waals surface area contributed by atoms with Crippen LogP contribution in [-0.4, -0.2) is 50.1 Å². The second-order valence-corrected chi connectivity index (χ2v) is 5.83. The van der Waals surface area contributed by atoms with Gasteiger partial charge >= 0.3 is 0 Å². The Morgan fingerprint density at radius 3 is 2.82 bits per heavy atom.